The minimum Gasteiger partial charge on any atom is -0.481 e. The van der Waals surface area contributed by atoms with E-state index in [1.165, 1.54) is 11.8 Å². The molecule has 0 saturated carbocycles. The summed E-state index contributed by atoms with van der Waals surface area (Å²) < 4.78 is 1.88. The maximum absolute atomic E-state index is 10.3. The molecule has 6 heteroatoms. The summed E-state index contributed by atoms with van der Waals surface area (Å²) in [5, 5.41) is 16.9. The molecular weight excluding hydrogens is 190 g/mol. The predicted octanol–water partition coefficient (Wildman–Crippen LogP) is 0.783. The standard InChI is InChI=1S/C7H11N3O2S/c1-3-10-5(2)8-9-7(10)13-4-6(11)12/h3-4H2,1-2H3,(H,11,12). The zero-order valence-corrected chi connectivity index (χ0v) is 8.34. The Balaban J connectivity index is 2.70. The molecule has 0 amide bonds. The molecule has 0 fully saturated rings. The molecule has 0 aliphatic carbocycles. The van der Waals surface area contributed by atoms with Gasteiger partial charge in [0.25, 0.3) is 0 Å². The molecule has 72 valence electrons. The van der Waals surface area contributed by atoms with Crippen molar-refractivity contribution < 1.29 is 9.90 Å². The van der Waals surface area contributed by atoms with Crippen molar-refractivity contribution in [1.29, 1.82) is 0 Å². The molecule has 0 aliphatic rings. The zero-order chi connectivity index (χ0) is 9.84. The molecule has 1 heterocycles. The number of aromatic nitrogens is 3. The van der Waals surface area contributed by atoms with E-state index in [-0.39, 0.29) is 5.75 Å². The molecule has 0 unspecified atom stereocenters. The van der Waals surface area contributed by atoms with E-state index < -0.39 is 5.97 Å². The summed E-state index contributed by atoms with van der Waals surface area (Å²) >= 11 is 1.19. The molecule has 5 nitrogen and oxygen atoms in total. The number of thioether (sulfide) groups is 1. The molecule has 0 radical (unpaired) electrons. The van der Waals surface area contributed by atoms with Gasteiger partial charge in [0.2, 0.25) is 0 Å². The lowest BCUT2D eigenvalue weighted by molar-refractivity contribution is -0.133. The van der Waals surface area contributed by atoms with Crippen LogP contribution in [-0.4, -0.2) is 31.6 Å². The average Bonchev–Trinajstić information content (AvgIpc) is 2.42. The van der Waals surface area contributed by atoms with Crippen LogP contribution < -0.4 is 0 Å². The Kier molecular flexibility index (Phi) is 3.30. The third-order valence-electron chi connectivity index (χ3n) is 1.54. The third-order valence-corrected chi connectivity index (χ3v) is 2.49. The maximum Gasteiger partial charge on any atom is 0.313 e. The minimum absolute atomic E-state index is 0.0259. The second kappa shape index (κ2) is 4.27. The smallest absolute Gasteiger partial charge is 0.313 e. The number of rotatable bonds is 4. The minimum atomic E-state index is -0.840. The van der Waals surface area contributed by atoms with Crippen molar-refractivity contribution in [3.05, 3.63) is 5.82 Å². The van der Waals surface area contributed by atoms with Gasteiger partial charge >= 0.3 is 5.97 Å². The Bertz CT molecular complexity index is 311. The van der Waals surface area contributed by atoms with Crippen LogP contribution in [-0.2, 0) is 11.3 Å². The SMILES string of the molecule is CCn1c(C)nnc1SCC(=O)O. The molecular formula is C7H11N3O2S. The fraction of sp³-hybridized carbons (Fsp3) is 0.571. The Hall–Kier alpha value is -1.04. The van der Waals surface area contributed by atoms with Crippen LogP contribution in [0, 0.1) is 6.92 Å². The summed E-state index contributed by atoms with van der Waals surface area (Å²) in [5.74, 6) is 0.00157. The first kappa shape index (κ1) is 10.0. The Morgan fingerprint density at radius 1 is 1.62 bits per heavy atom. The van der Waals surface area contributed by atoms with E-state index in [1.807, 2.05) is 18.4 Å². The topological polar surface area (TPSA) is 68.0 Å². The van der Waals surface area contributed by atoms with E-state index in [0.717, 1.165) is 12.4 Å². The van der Waals surface area contributed by atoms with Crippen LogP contribution in [0.25, 0.3) is 0 Å². The van der Waals surface area contributed by atoms with Gasteiger partial charge in [0, 0.05) is 6.54 Å². The number of carbonyl (C=O) groups is 1. The van der Waals surface area contributed by atoms with Crippen molar-refractivity contribution >= 4 is 17.7 Å². The van der Waals surface area contributed by atoms with Crippen LogP contribution in [0.3, 0.4) is 0 Å². The second-order valence-corrected chi connectivity index (χ2v) is 3.40. The summed E-state index contributed by atoms with van der Waals surface area (Å²) in [7, 11) is 0. The molecule has 0 saturated heterocycles. The van der Waals surface area contributed by atoms with Crippen LogP contribution in [0.5, 0.6) is 0 Å². The summed E-state index contributed by atoms with van der Waals surface area (Å²) in [6, 6.07) is 0. The van der Waals surface area contributed by atoms with Gasteiger partial charge in [-0.15, -0.1) is 10.2 Å². The number of aryl methyl sites for hydroxylation is 1. The zero-order valence-electron chi connectivity index (χ0n) is 7.52. The predicted molar refractivity (Wildman–Crippen MR) is 48.8 cm³/mol. The Labute approximate surface area is 80.2 Å². The van der Waals surface area contributed by atoms with Gasteiger partial charge < -0.3 is 9.67 Å². The molecule has 0 aromatic carbocycles. The average molecular weight is 201 g/mol. The number of nitrogens with zero attached hydrogens (tertiary/aromatic N) is 3. The quantitative estimate of drug-likeness (QED) is 0.729. The normalized spacial score (nSPS) is 10.3. The van der Waals surface area contributed by atoms with Crippen LogP contribution in [0.1, 0.15) is 12.7 Å². The number of aliphatic carboxylic acids is 1. The van der Waals surface area contributed by atoms with Gasteiger partial charge in [0.15, 0.2) is 5.16 Å². The lowest BCUT2D eigenvalue weighted by Gasteiger charge is -2.02. The highest BCUT2D eigenvalue weighted by atomic mass is 32.2. The highest BCUT2D eigenvalue weighted by Crippen LogP contribution is 2.15. The van der Waals surface area contributed by atoms with Gasteiger partial charge in [-0.1, -0.05) is 11.8 Å². The van der Waals surface area contributed by atoms with E-state index >= 15 is 0 Å². The van der Waals surface area contributed by atoms with Gasteiger partial charge in [0.05, 0.1) is 5.75 Å². The Morgan fingerprint density at radius 2 is 2.31 bits per heavy atom. The van der Waals surface area contributed by atoms with E-state index in [9.17, 15) is 4.79 Å². The van der Waals surface area contributed by atoms with Gasteiger partial charge in [-0.2, -0.15) is 0 Å². The van der Waals surface area contributed by atoms with Crippen LogP contribution >= 0.6 is 11.8 Å². The van der Waals surface area contributed by atoms with Crippen molar-refractivity contribution in [3.8, 4) is 0 Å². The Morgan fingerprint density at radius 3 is 2.85 bits per heavy atom. The van der Waals surface area contributed by atoms with E-state index in [0.29, 0.717) is 5.16 Å². The molecule has 0 atom stereocenters. The van der Waals surface area contributed by atoms with Crippen molar-refractivity contribution in [2.45, 2.75) is 25.5 Å². The summed E-state index contributed by atoms with van der Waals surface area (Å²) in [6.07, 6.45) is 0. The molecule has 1 N–H and O–H groups in total. The summed E-state index contributed by atoms with van der Waals surface area (Å²) in [6.45, 7) is 4.59. The fourth-order valence-electron chi connectivity index (χ4n) is 0.959. The molecule has 0 spiro atoms. The van der Waals surface area contributed by atoms with Gasteiger partial charge in [-0.25, -0.2) is 0 Å². The van der Waals surface area contributed by atoms with Crippen LogP contribution in [0.2, 0.25) is 0 Å². The molecule has 1 aromatic heterocycles. The molecule has 1 rings (SSSR count). The lowest BCUT2D eigenvalue weighted by Crippen LogP contribution is -2.03. The van der Waals surface area contributed by atoms with Crippen LogP contribution in [0.4, 0.5) is 0 Å². The number of hydrogen-bond donors (Lipinski definition) is 1. The first-order valence-electron chi connectivity index (χ1n) is 3.89. The first-order valence-corrected chi connectivity index (χ1v) is 4.88. The fourth-order valence-corrected chi connectivity index (χ4v) is 1.73. The highest BCUT2D eigenvalue weighted by Gasteiger charge is 2.08. The number of carboxylic acid groups (broad SMARTS) is 1. The molecule has 0 aliphatic heterocycles. The summed E-state index contributed by atoms with van der Waals surface area (Å²) in [5.41, 5.74) is 0. The van der Waals surface area contributed by atoms with Gasteiger partial charge in [-0.3, -0.25) is 4.79 Å². The van der Waals surface area contributed by atoms with Crippen molar-refractivity contribution in [2.75, 3.05) is 5.75 Å². The van der Waals surface area contributed by atoms with Crippen molar-refractivity contribution in [3.63, 3.8) is 0 Å². The van der Waals surface area contributed by atoms with Gasteiger partial charge in [0.1, 0.15) is 5.82 Å². The largest absolute Gasteiger partial charge is 0.481 e. The monoisotopic (exact) mass is 201 g/mol. The van der Waals surface area contributed by atoms with Crippen molar-refractivity contribution in [1.82, 2.24) is 14.8 Å². The van der Waals surface area contributed by atoms with E-state index in [1.54, 1.807) is 0 Å². The number of hydrogen-bond acceptors (Lipinski definition) is 4. The lowest BCUT2D eigenvalue weighted by atomic mass is 10.6. The number of carboxylic acids is 1. The molecule has 13 heavy (non-hydrogen) atoms. The summed E-state index contributed by atoms with van der Waals surface area (Å²) in [4.78, 5) is 10.3. The first-order chi connectivity index (χ1) is 6.15. The third kappa shape index (κ3) is 2.45. The maximum atomic E-state index is 10.3. The van der Waals surface area contributed by atoms with E-state index in [4.69, 9.17) is 5.11 Å². The molecule has 1 aromatic rings. The molecule has 0 bridgehead atoms. The second-order valence-electron chi connectivity index (χ2n) is 2.46. The van der Waals surface area contributed by atoms with Gasteiger partial charge in [-0.05, 0) is 13.8 Å². The van der Waals surface area contributed by atoms with Crippen molar-refractivity contribution in [2.24, 2.45) is 0 Å². The van der Waals surface area contributed by atoms with E-state index in [2.05, 4.69) is 10.2 Å². The van der Waals surface area contributed by atoms with Crippen LogP contribution in [0.15, 0.2) is 5.16 Å². The highest BCUT2D eigenvalue weighted by molar-refractivity contribution is 7.99.